The fraction of sp³-hybridized carbons (Fsp3) is 0.636. The molecule has 0 bridgehead atoms. The Kier molecular flexibility index (Phi) is 8.76. The van der Waals surface area contributed by atoms with Crippen molar-refractivity contribution in [1.82, 2.24) is 20.6 Å². The van der Waals surface area contributed by atoms with E-state index in [0.29, 0.717) is 30.7 Å². The number of carbonyl (C=O) groups is 2. The van der Waals surface area contributed by atoms with Crippen molar-refractivity contribution in [1.29, 1.82) is 0 Å². The van der Waals surface area contributed by atoms with Gasteiger partial charge in [-0.15, -0.1) is 5.06 Å². The highest BCUT2D eigenvalue weighted by atomic mass is 16.7. The van der Waals surface area contributed by atoms with E-state index in [1.165, 1.54) is 12.8 Å². The Labute approximate surface area is 174 Å². The maximum absolute atomic E-state index is 11.5. The van der Waals surface area contributed by atoms with Crippen molar-refractivity contribution in [3.63, 3.8) is 0 Å². The lowest BCUT2D eigenvalue weighted by Crippen LogP contribution is -2.38. The number of likely N-dealkylation sites (tertiary alicyclic amines) is 1. The van der Waals surface area contributed by atoms with E-state index in [9.17, 15) is 9.59 Å². The fourth-order valence-electron chi connectivity index (χ4n) is 3.70. The zero-order chi connectivity index (χ0) is 21.4. The Morgan fingerprint density at radius 1 is 1.10 bits per heavy atom. The van der Waals surface area contributed by atoms with E-state index in [-0.39, 0.29) is 24.7 Å². The maximum Gasteiger partial charge on any atom is 0.263 e. The molecule has 29 heavy (non-hydrogen) atoms. The van der Waals surface area contributed by atoms with E-state index < -0.39 is 0 Å². The molecule has 2 aliphatic rings. The van der Waals surface area contributed by atoms with E-state index in [0.717, 1.165) is 42.5 Å². The number of hydrogen-bond donors (Lipinski definition) is 2. The molecule has 2 heterocycles. The number of hydroxylamine groups is 2. The van der Waals surface area contributed by atoms with E-state index >= 15 is 0 Å². The Morgan fingerprint density at radius 2 is 1.76 bits per heavy atom. The summed E-state index contributed by atoms with van der Waals surface area (Å²) in [4.78, 5) is 30.9. The molecule has 2 saturated heterocycles. The molecule has 1 unspecified atom stereocenters. The summed E-state index contributed by atoms with van der Waals surface area (Å²) in [5, 5.41) is 7.51. The number of rotatable bonds is 13. The van der Waals surface area contributed by atoms with Crippen LogP contribution in [0.1, 0.15) is 52.4 Å². The van der Waals surface area contributed by atoms with Gasteiger partial charge in [-0.25, -0.2) is 0 Å². The second kappa shape index (κ2) is 11.0. The average molecular weight is 405 g/mol. The van der Waals surface area contributed by atoms with Crippen LogP contribution >= 0.6 is 0 Å². The molecule has 2 N–H and O–H groups in total. The summed E-state index contributed by atoms with van der Waals surface area (Å²) in [6.45, 7) is 20.2. The molecular formula is C22H36N4O3. The highest BCUT2D eigenvalue weighted by Crippen LogP contribution is 2.22. The van der Waals surface area contributed by atoms with Crippen molar-refractivity contribution in [2.75, 3.05) is 26.2 Å². The van der Waals surface area contributed by atoms with Crippen molar-refractivity contribution in [2.45, 2.75) is 58.4 Å². The van der Waals surface area contributed by atoms with Crippen LogP contribution in [0.25, 0.3) is 0 Å². The van der Waals surface area contributed by atoms with Gasteiger partial charge in [0.2, 0.25) is 0 Å². The molecular weight excluding hydrogens is 368 g/mol. The van der Waals surface area contributed by atoms with Gasteiger partial charge >= 0.3 is 0 Å². The van der Waals surface area contributed by atoms with Crippen LogP contribution in [-0.2, 0) is 14.4 Å². The molecule has 0 aromatic heterocycles. The third-order valence-electron chi connectivity index (χ3n) is 5.15. The summed E-state index contributed by atoms with van der Waals surface area (Å²) >= 11 is 0. The number of carbonyl (C=O) groups excluding carboxylic acids is 2. The van der Waals surface area contributed by atoms with Gasteiger partial charge in [-0.1, -0.05) is 33.6 Å². The van der Waals surface area contributed by atoms with Gasteiger partial charge in [0.1, 0.15) is 5.76 Å². The second-order valence-electron chi connectivity index (χ2n) is 8.24. The van der Waals surface area contributed by atoms with Crippen molar-refractivity contribution < 1.29 is 14.4 Å². The monoisotopic (exact) mass is 404 g/mol. The van der Waals surface area contributed by atoms with E-state index in [4.69, 9.17) is 4.84 Å². The Hall–Kier alpha value is -2.28. The standard InChI is InChI=1S/C22H36N4O3/c1-16(2)15-25-14-6-7-20(25)19(5)24-12-10-17(3)23-13-11-18(4)29-26-21(27)8-9-22(26)28/h16,20,23-24H,3-15H2,1-2H3. The van der Waals surface area contributed by atoms with Gasteiger partial charge < -0.3 is 15.5 Å². The van der Waals surface area contributed by atoms with Crippen LogP contribution < -0.4 is 10.6 Å². The van der Waals surface area contributed by atoms with Crippen LogP contribution in [0, 0.1) is 5.92 Å². The summed E-state index contributed by atoms with van der Waals surface area (Å²) in [7, 11) is 0. The molecule has 0 aliphatic carbocycles. The molecule has 0 aromatic carbocycles. The van der Waals surface area contributed by atoms with Crippen molar-refractivity contribution in [2.24, 2.45) is 5.92 Å². The smallest absolute Gasteiger partial charge is 0.263 e. The first kappa shape index (κ1) is 23.0. The number of imide groups is 1. The molecule has 0 saturated carbocycles. The van der Waals surface area contributed by atoms with Gasteiger partial charge in [0.05, 0.1) is 0 Å². The minimum Gasteiger partial charge on any atom is -0.388 e. The van der Waals surface area contributed by atoms with Crippen LogP contribution in [-0.4, -0.2) is 54.0 Å². The van der Waals surface area contributed by atoms with Gasteiger partial charge in [-0.05, 0) is 25.3 Å². The van der Waals surface area contributed by atoms with Crippen molar-refractivity contribution >= 4 is 11.8 Å². The quantitative estimate of drug-likeness (QED) is 0.363. The molecule has 2 amide bonds. The first-order valence-electron chi connectivity index (χ1n) is 10.6. The summed E-state index contributed by atoms with van der Waals surface area (Å²) in [5.41, 5.74) is 2.01. The number of nitrogens with zero attached hydrogens (tertiary/aromatic N) is 2. The Bertz CT molecular complexity index is 628. The molecule has 0 spiro atoms. The SMILES string of the molecule is C=C(CCNC(=C)C1CCCN1CC(C)C)NCCC(=C)ON1C(=O)CCC1=O. The van der Waals surface area contributed by atoms with Gasteiger partial charge in [0, 0.05) is 62.8 Å². The Balaban J connectivity index is 1.58. The maximum atomic E-state index is 11.5. The zero-order valence-corrected chi connectivity index (χ0v) is 18.0. The van der Waals surface area contributed by atoms with Crippen LogP contribution in [0.5, 0.6) is 0 Å². The van der Waals surface area contributed by atoms with E-state index in [1.54, 1.807) is 0 Å². The van der Waals surface area contributed by atoms with Gasteiger partial charge in [0.25, 0.3) is 11.8 Å². The van der Waals surface area contributed by atoms with Gasteiger partial charge in [-0.2, -0.15) is 0 Å². The number of amides is 2. The highest BCUT2D eigenvalue weighted by Gasteiger charge is 2.31. The van der Waals surface area contributed by atoms with Crippen molar-refractivity contribution in [3.8, 4) is 0 Å². The normalized spacial score (nSPS) is 19.7. The van der Waals surface area contributed by atoms with Gasteiger partial charge in [0.15, 0.2) is 0 Å². The lowest BCUT2D eigenvalue weighted by Gasteiger charge is -2.28. The molecule has 0 aromatic rings. The summed E-state index contributed by atoms with van der Waals surface area (Å²) in [6, 6.07) is 0.426. The van der Waals surface area contributed by atoms with Crippen LogP contribution in [0.4, 0.5) is 0 Å². The zero-order valence-electron chi connectivity index (χ0n) is 18.0. The molecule has 1 atom stereocenters. The lowest BCUT2D eigenvalue weighted by atomic mass is 10.1. The minimum absolute atomic E-state index is 0.204. The fourth-order valence-corrected chi connectivity index (χ4v) is 3.70. The first-order chi connectivity index (χ1) is 13.8. The Morgan fingerprint density at radius 3 is 2.41 bits per heavy atom. The summed E-state index contributed by atoms with van der Waals surface area (Å²) in [5.74, 6) is 0.419. The molecule has 7 nitrogen and oxygen atoms in total. The lowest BCUT2D eigenvalue weighted by molar-refractivity contribution is -0.177. The van der Waals surface area contributed by atoms with Crippen molar-refractivity contribution in [3.05, 3.63) is 36.9 Å². The topological polar surface area (TPSA) is 73.9 Å². The van der Waals surface area contributed by atoms with Crippen LogP contribution in [0.15, 0.2) is 36.9 Å². The van der Waals surface area contributed by atoms with Crippen LogP contribution in [0.3, 0.4) is 0 Å². The third kappa shape index (κ3) is 7.24. The van der Waals surface area contributed by atoms with Crippen LogP contribution in [0.2, 0.25) is 0 Å². The predicted octanol–water partition coefficient (Wildman–Crippen LogP) is 2.69. The average Bonchev–Trinajstić information content (AvgIpc) is 3.22. The first-order valence-corrected chi connectivity index (χ1v) is 10.6. The van der Waals surface area contributed by atoms with Gasteiger partial charge in [-0.3, -0.25) is 14.5 Å². The largest absolute Gasteiger partial charge is 0.388 e. The highest BCUT2D eigenvalue weighted by molar-refractivity contribution is 6.00. The summed E-state index contributed by atoms with van der Waals surface area (Å²) < 4.78 is 0. The number of nitrogens with one attached hydrogen (secondary N) is 2. The number of hydrogen-bond acceptors (Lipinski definition) is 6. The predicted molar refractivity (Wildman–Crippen MR) is 114 cm³/mol. The molecule has 2 rings (SSSR count). The molecule has 162 valence electrons. The molecule has 0 radical (unpaired) electrons. The summed E-state index contributed by atoms with van der Waals surface area (Å²) in [6.07, 6.45) is 4.08. The molecule has 2 fully saturated rings. The molecule has 7 heteroatoms. The third-order valence-corrected chi connectivity index (χ3v) is 5.15. The minimum atomic E-state index is -0.311. The van der Waals surface area contributed by atoms with E-state index in [2.05, 4.69) is 49.1 Å². The van der Waals surface area contributed by atoms with E-state index in [1.807, 2.05) is 0 Å². The molecule has 2 aliphatic heterocycles. The second-order valence-corrected chi connectivity index (χ2v) is 8.24.